The van der Waals surface area contributed by atoms with Crippen LogP contribution in [0.4, 0.5) is 0 Å². The second kappa shape index (κ2) is 7.21. The van der Waals surface area contributed by atoms with Crippen LogP contribution in [0.5, 0.6) is 0 Å². The first-order valence-corrected chi connectivity index (χ1v) is 9.02. The van der Waals surface area contributed by atoms with Crippen molar-refractivity contribution in [2.75, 3.05) is 7.05 Å². The third kappa shape index (κ3) is 4.16. The van der Waals surface area contributed by atoms with Gasteiger partial charge in [0.15, 0.2) is 0 Å². The molecular formula is C16H14ClN3OS2. The summed E-state index contributed by atoms with van der Waals surface area (Å²) in [4.78, 5) is 23.7. The molecule has 3 aromatic rings. The predicted octanol–water partition coefficient (Wildman–Crippen LogP) is 4.12. The minimum atomic E-state index is 0.0394. The number of nitrogens with zero attached hydrogens (tertiary/aromatic N) is 3. The van der Waals surface area contributed by atoms with Crippen LogP contribution in [0.25, 0.3) is 10.6 Å². The van der Waals surface area contributed by atoms with Crippen molar-refractivity contribution in [2.45, 2.75) is 13.0 Å². The van der Waals surface area contributed by atoms with Gasteiger partial charge in [0.1, 0.15) is 5.01 Å². The monoisotopic (exact) mass is 363 g/mol. The van der Waals surface area contributed by atoms with E-state index in [0.717, 1.165) is 25.5 Å². The number of halogens is 1. The van der Waals surface area contributed by atoms with Gasteiger partial charge in [-0.3, -0.25) is 9.78 Å². The van der Waals surface area contributed by atoms with E-state index in [9.17, 15) is 4.79 Å². The molecule has 23 heavy (non-hydrogen) atoms. The maximum atomic E-state index is 12.3. The van der Waals surface area contributed by atoms with Crippen LogP contribution >= 0.6 is 34.3 Å². The van der Waals surface area contributed by atoms with Crippen LogP contribution in [0.2, 0.25) is 4.34 Å². The Labute approximate surface area is 147 Å². The van der Waals surface area contributed by atoms with E-state index in [2.05, 4.69) is 9.97 Å². The molecule has 0 aromatic carbocycles. The Kier molecular flexibility index (Phi) is 5.05. The summed E-state index contributed by atoms with van der Waals surface area (Å²) in [5.74, 6) is 0.0394. The van der Waals surface area contributed by atoms with Crippen LogP contribution in [0.15, 0.2) is 42.0 Å². The Morgan fingerprint density at radius 1 is 1.35 bits per heavy atom. The Balaban J connectivity index is 1.63. The molecule has 1 amide bonds. The number of amides is 1. The molecule has 7 heteroatoms. The fourth-order valence-corrected chi connectivity index (χ4v) is 4.01. The largest absolute Gasteiger partial charge is 0.340 e. The van der Waals surface area contributed by atoms with E-state index in [4.69, 9.17) is 11.6 Å². The quantitative estimate of drug-likeness (QED) is 0.685. The van der Waals surface area contributed by atoms with Gasteiger partial charge >= 0.3 is 0 Å². The molecule has 0 unspecified atom stereocenters. The third-order valence-electron chi connectivity index (χ3n) is 3.24. The van der Waals surface area contributed by atoms with Gasteiger partial charge in [-0.2, -0.15) is 0 Å². The maximum absolute atomic E-state index is 12.3. The van der Waals surface area contributed by atoms with E-state index < -0.39 is 0 Å². The van der Waals surface area contributed by atoms with E-state index in [-0.39, 0.29) is 5.91 Å². The molecule has 0 N–H and O–H groups in total. The molecule has 3 heterocycles. The smallest absolute Gasteiger partial charge is 0.228 e. The van der Waals surface area contributed by atoms with E-state index >= 15 is 0 Å². The number of rotatable bonds is 5. The molecule has 0 atom stereocenters. The first-order valence-electron chi connectivity index (χ1n) is 6.95. The van der Waals surface area contributed by atoms with Crippen LogP contribution < -0.4 is 0 Å². The summed E-state index contributed by atoms with van der Waals surface area (Å²) >= 11 is 8.93. The standard InChI is InChI=1S/C16H14ClN3OS2/c1-20(9-13-4-5-14(17)23-13)15(21)7-12-10-22-16(19-12)11-3-2-6-18-8-11/h2-6,8,10H,7,9H2,1H3. The van der Waals surface area contributed by atoms with Crippen LogP contribution in [0.3, 0.4) is 0 Å². The molecule has 0 fully saturated rings. The van der Waals surface area contributed by atoms with Crippen molar-refractivity contribution in [1.82, 2.24) is 14.9 Å². The SMILES string of the molecule is CN(Cc1ccc(Cl)s1)C(=O)Cc1csc(-c2cccnc2)n1. The summed E-state index contributed by atoms with van der Waals surface area (Å²) in [6, 6.07) is 7.63. The second-order valence-corrected chi connectivity index (χ2v) is 7.68. The van der Waals surface area contributed by atoms with Gasteiger partial charge in [0.05, 0.1) is 23.0 Å². The van der Waals surface area contributed by atoms with Crippen LogP contribution in [-0.2, 0) is 17.8 Å². The fourth-order valence-electron chi connectivity index (χ4n) is 2.06. The lowest BCUT2D eigenvalue weighted by Gasteiger charge is -2.15. The molecular weight excluding hydrogens is 350 g/mol. The first-order chi connectivity index (χ1) is 11.1. The van der Waals surface area contributed by atoms with Crippen LogP contribution in [-0.4, -0.2) is 27.8 Å². The average Bonchev–Trinajstić information content (AvgIpc) is 3.17. The van der Waals surface area contributed by atoms with Crippen molar-refractivity contribution in [2.24, 2.45) is 0 Å². The Bertz CT molecular complexity index is 801. The zero-order valence-corrected chi connectivity index (χ0v) is 14.8. The lowest BCUT2D eigenvalue weighted by atomic mass is 10.3. The number of aromatic nitrogens is 2. The van der Waals surface area contributed by atoms with Gasteiger partial charge in [-0.1, -0.05) is 11.6 Å². The van der Waals surface area contributed by atoms with Crippen molar-refractivity contribution in [1.29, 1.82) is 0 Å². The highest BCUT2D eigenvalue weighted by molar-refractivity contribution is 7.16. The second-order valence-electron chi connectivity index (χ2n) is 5.02. The molecule has 0 aliphatic rings. The molecule has 0 aliphatic heterocycles. The summed E-state index contributed by atoms with van der Waals surface area (Å²) in [6.07, 6.45) is 3.80. The van der Waals surface area contributed by atoms with Crippen LogP contribution in [0, 0.1) is 0 Å². The van der Waals surface area contributed by atoms with Gasteiger partial charge < -0.3 is 4.90 Å². The highest BCUT2D eigenvalue weighted by Gasteiger charge is 2.14. The fraction of sp³-hybridized carbons (Fsp3) is 0.188. The molecule has 0 bridgehead atoms. The molecule has 0 spiro atoms. The van der Waals surface area contributed by atoms with E-state index in [0.29, 0.717) is 13.0 Å². The summed E-state index contributed by atoms with van der Waals surface area (Å²) < 4.78 is 0.737. The number of hydrogen-bond donors (Lipinski definition) is 0. The summed E-state index contributed by atoms with van der Waals surface area (Å²) in [5, 5.41) is 2.81. The molecule has 0 saturated heterocycles. The lowest BCUT2D eigenvalue weighted by Crippen LogP contribution is -2.27. The third-order valence-corrected chi connectivity index (χ3v) is 5.40. The topological polar surface area (TPSA) is 46.1 Å². The van der Waals surface area contributed by atoms with Crippen molar-refractivity contribution in [3.05, 3.63) is 56.9 Å². The molecule has 3 aromatic heterocycles. The number of pyridine rings is 1. The number of thiazole rings is 1. The maximum Gasteiger partial charge on any atom is 0.228 e. The molecule has 4 nitrogen and oxygen atoms in total. The summed E-state index contributed by atoms with van der Waals surface area (Å²) in [5.41, 5.74) is 1.76. The molecule has 0 radical (unpaired) electrons. The van der Waals surface area contributed by atoms with Crippen molar-refractivity contribution in [3.8, 4) is 10.6 Å². The molecule has 0 aliphatic carbocycles. The van der Waals surface area contributed by atoms with Crippen molar-refractivity contribution >= 4 is 40.2 Å². The first kappa shape index (κ1) is 16.1. The minimum absolute atomic E-state index is 0.0394. The highest BCUT2D eigenvalue weighted by Crippen LogP contribution is 2.24. The van der Waals surface area contributed by atoms with Gasteiger partial charge in [0, 0.05) is 35.3 Å². The van der Waals surface area contributed by atoms with E-state index in [1.165, 1.54) is 22.7 Å². The highest BCUT2D eigenvalue weighted by atomic mass is 35.5. The molecule has 3 rings (SSSR count). The lowest BCUT2D eigenvalue weighted by molar-refractivity contribution is -0.129. The van der Waals surface area contributed by atoms with E-state index in [1.807, 2.05) is 29.6 Å². The van der Waals surface area contributed by atoms with Crippen molar-refractivity contribution in [3.63, 3.8) is 0 Å². The number of likely N-dealkylation sites (N-methyl/N-ethyl adjacent to an activating group) is 1. The number of carbonyl (C=O) groups excluding carboxylic acids is 1. The van der Waals surface area contributed by atoms with Gasteiger partial charge in [0.2, 0.25) is 5.91 Å². The van der Waals surface area contributed by atoms with E-state index in [1.54, 1.807) is 24.3 Å². The van der Waals surface area contributed by atoms with Crippen LogP contribution in [0.1, 0.15) is 10.6 Å². The zero-order valence-electron chi connectivity index (χ0n) is 12.4. The number of hydrogen-bond acceptors (Lipinski definition) is 5. The van der Waals surface area contributed by atoms with Gasteiger partial charge in [-0.25, -0.2) is 4.98 Å². The number of thiophene rings is 1. The average molecular weight is 364 g/mol. The Morgan fingerprint density at radius 2 is 2.22 bits per heavy atom. The summed E-state index contributed by atoms with van der Waals surface area (Å²) in [7, 11) is 1.80. The predicted molar refractivity (Wildman–Crippen MR) is 94.9 cm³/mol. The van der Waals surface area contributed by atoms with Gasteiger partial charge in [-0.05, 0) is 24.3 Å². The Morgan fingerprint density at radius 3 is 2.91 bits per heavy atom. The summed E-state index contributed by atoms with van der Waals surface area (Å²) in [6.45, 7) is 0.565. The minimum Gasteiger partial charge on any atom is -0.340 e. The normalized spacial score (nSPS) is 10.7. The molecule has 0 saturated carbocycles. The number of carbonyl (C=O) groups is 1. The Hall–Kier alpha value is -1.76. The molecule has 118 valence electrons. The van der Waals surface area contributed by atoms with Crippen molar-refractivity contribution < 1.29 is 4.79 Å². The van der Waals surface area contributed by atoms with Gasteiger partial charge in [0.25, 0.3) is 0 Å². The zero-order chi connectivity index (χ0) is 16.2. The van der Waals surface area contributed by atoms with Gasteiger partial charge in [-0.15, -0.1) is 22.7 Å².